The molecular formula is C16H21FN2O4S. The number of hydrogen-bond acceptors (Lipinski definition) is 5. The van der Waals surface area contributed by atoms with E-state index in [0.717, 1.165) is 11.8 Å². The van der Waals surface area contributed by atoms with Crippen molar-refractivity contribution in [2.45, 2.75) is 13.8 Å². The molecule has 24 heavy (non-hydrogen) atoms. The second-order valence-electron chi connectivity index (χ2n) is 4.75. The summed E-state index contributed by atoms with van der Waals surface area (Å²) < 4.78 is 18.1. The van der Waals surface area contributed by atoms with Gasteiger partial charge >= 0.3 is 5.97 Å². The lowest BCUT2D eigenvalue weighted by molar-refractivity contribution is -0.144. The Morgan fingerprint density at radius 2 is 1.83 bits per heavy atom. The van der Waals surface area contributed by atoms with Crippen molar-refractivity contribution < 1.29 is 23.5 Å². The van der Waals surface area contributed by atoms with E-state index >= 15 is 0 Å². The number of carbonyl (C=O) groups is 3. The summed E-state index contributed by atoms with van der Waals surface area (Å²) in [7, 11) is 0. The topological polar surface area (TPSA) is 75.7 Å². The van der Waals surface area contributed by atoms with Crippen LogP contribution in [0.1, 0.15) is 13.8 Å². The van der Waals surface area contributed by atoms with Crippen LogP contribution >= 0.6 is 11.8 Å². The van der Waals surface area contributed by atoms with Gasteiger partial charge in [0, 0.05) is 13.1 Å². The van der Waals surface area contributed by atoms with Crippen molar-refractivity contribution in [1.29, 1.82) is 0 Å². The summed E-state index contributed by atoms with van der Waals surface area (Å²) in [5.41, 5.74) is 0.0257. The Hall–Kier alpha value is -2.09. The van der Waals surface area contributed by atoms with Gasteiger partial charge in [0.1, 0.15) is 5.82 Å². The van der Waals surface area contributed by atoms with Gasteiger partial charge in [0.2, 0.25) is 5.91 Å². The van der Waals surface area contributed by atoms with Gasteiger partial charge in [0.25, 0.3) is 5.91 Å². The molecule has 0 aromatic heterocycles. The average molecular weight is 356 g/mol. The van der Waals surface area contributed by atoms with Crippen LogP contribution in [-0.2, 0) is 19.1 Å². The summed E-state index contributed by atoms with van der Waals surface area (Å²) in [5.74, 6) is -1.69. The average Bonchev–Trinajstić information content (AvgIpc) is 2.56. The summed E-state index contributed by atoms with van der Waals surface area (Å²) in [6.07, 6.45) is 0. The van der Waals surface area contributed by atoms with Crippen molar-refractivity contribution in [1.82, 2.24) is 4.90 Å². The van der Waals surface area contributed by atoms with E-state index in [1.807, 2.05) is 13.8 Å². The minimum atomic E-state index is -0.627. The van der Waals surface area contributed by atoms with Gasteiger partial charge < -0.3 is 15.0 Å². The fraction of sp³-hybridized carbons (Fsp3) is 0.438. The quantitative estimate of drug-likeness (QED) is 0.684. The number of anilines is 1. The lowest BCUT2D eigenvalue weighted by atomic mass is 10.3. The highest BCUT2D eigenvalue weighted by molar-refractivity contribution is 8.00. The van der Waals surface area contributed by atoms with Crippen molar-refractivity contribution in [3.05, 3.63) is 30.1 Å². The van der Waals surface area contributed by atoms with Crippen LogP contribution in [0.4, 0.5) is 10.1 Å². The fourth-order valence-electron chi connectivity index (χ4n) is 1.83. The predicted molar refractivity (Wildman–Crippen MR) is 91.2 cm³/mol. The first-order valence-corrected chi connectivity index (χ1v) is 8.68. The third-order valence-electron chi connectivity index (χ3n) is 3.07. The first-order chi connectivity index (χ1) is 11.5. The number of halogens is 1. The van der Waals surface area contributed by atoms with Crippen LogP contribution in [0.5, 0.6) is 0 Å². The van der Waals surface area contributed by atoms with E-state index in [-0.39, 0.29) is 23.1 Å². The van der Waals surface area contributed by atoms with Gasteiger partial charge in [-0.3, -0.25) is 14.4 Å². The molecule has 0 fully saturated rings. The SMILES string of the molecule is CCN(CC)C(=O)CSCC(=O)OCC(=O)Nc1ccccc1F. The van der Waals surface area contributed by atoms with E-state index in [4.69, 9.17) is 4.74 Å². The number of hydrogen-bond donors (Lipinski definition) is 1. The molecular weight excluding hydrogens is 335 g/mol. The van der Waals surface area contributed by atoms with Gasteiger partial charge in [-0.25, -0.2) is 4.39 Å². The Morgan fingerprint density at radius 3 is 2.46 bits per heavy atom. The Morgan fingerprint density at radius 1 is 1.17 bits per heavy atom. The monoisotopic (exact) mass is 356 g/mol. The number of esters is 1. The van der Waals surface area contributed by atoms with Gasteiger partial charge in [-0.05, 0) is 26.0 Å². The van der Waals surface area contributed by atoms with Gasteiger partial charge in [-0.15, -0.1) is 11.8 Å². The summed E-state index contributed by atoms with van der Waals surface area (Å²) in [6.45, 7) is 4.51. The molecule has 1 aromatic rings. The molecule has 0 radical (unpaired) electrons. The molecule has 2 amide bonds. The summed E-state index contributed by atoms with van der Waals surface area (Å²) in [5, 5.41) is 2.31. The zero-order chi connectivity index (χ0) is 17.9. The maximum atomic E-state index is 13.4. The fourth-order valence-corrected chi connectivity index (χ4v) is 2.54. The number of carbonyl (C=O) groups excluding carboxylic acids is 3. The van der Waals surface area contributed by atoms with E-state index in [1.54, 1.807) is 11.0 Å². The van der Waals surface area contributed by atoms with Gasteiger partial charge in [-0.1, -0.05) is 12.1 Å². The highest BCUT2D eigenvalue weighted by Gasteiger charge is 2.13. The molecule has 132 valence electrons. The van der Waals surface area contributed by atoms with Crippen molar-refractivity contribution in [3.8, 4) is 0 Å². The maximum absolute atomic E-state index is 13.4. The smallest absolute Gasteiger partial charge is 0.316 e. The van der Waals surface area contributed by atoms with E-state index in [1.165, 1.54) is 18.2 Å². The molecule has 1 aromatic carbocycles. The number of thioether (sulfide) groups is 1. The van der Waals surface area contributed by atoms with Crippen LogP contribution in [-0.4, -0.2) is 53.9 Å². The minimum Gasteiger partial charge on any atom is -0.455 e. The van der Waals surface area contributed by atoms with Gasteiger partial charge in [0.05, 0.1) is 17.2 Å². The van der Waals surface area contributed by atoms with Gasteiger partial charge in [0.15, 0.2) is 6.61 Å². The lowest BCUT2D eigenvalue weighted by Gasteiger charge is -2.17. The molecule has 0 saturated heterocycles. The molecule has 1 rings (SSSR count). The molecule has 0 bridgehead atoms. The highest BCUT2D eigenvalue weighted by atomic mass is 32.2. The van der Waals surface area contributed by atoms with Crippen molar-refractivity contribution in [2.24, 2.45) is 0 Å². The second kappa shape index (κ2) is 10.6. The van der Waals surface area contributed by atoms with Crippen molar-refractivity contribution >= 4 is 35.2 Å². The zero-order valence-corrected chi connectivity index (χ0v) is 14.5. The lowest BCUT2D eigenvalue weighted by Crippen LogP contribution is -2.32. The molecule has 0 aliphatic carbocycles. The normalized spacial score (nSPS) is 10.1. The molecule has 1 N–H and O–H groups in total. The molecule has 0 atom stereocenters. The molecule has 0 aliphatic rings. The number of rotatable bonds is 9. The number of para-hydroxylation sites is 1. The van der Waals surface area contributed by atoms with E-state index in [2.05, 4.69) is 5.32 Å². The third-order valence-corrected chi connectivity index (χ3v) is 3.96. The highest BCUT2D eigenvalue weighted by Crippen LogP contribution is 2.12. The van der Waals surface area contributed by atoms with Crippen LogP contribution in [0.25, 0.3) is 0 Å². The number of ether oxygens (including phenoxy) is 1. The number of amides is 2. The van der Waals surface area contributed by atoms with E-state index in [9.17, 15) is 18.8 Å². The van der Waals surface area contributed by atoms with Crippen molar-refractivity contribution in [3.63, 3.8) is 0 Å². The van der Waals surface area contributed by atoms with E-state index in [0.29, 0.717) is 13.1 Å². The standard InChI is InChI=1S/C16H21FN2O4S/c1-3-19(4-2)15(21)10-24-11-16(22)23-9-14(20)18-13-8-6-5-7-12(13)17/h5-8H,3-4,9-11H2,1-2H3,(H,18,20). The van der Waals surface area contributed by atoms with E-state index < -0.39 is 24.3 Å². The maximum Gasteiger partial charge on any atom is 0.316 e. The first kappa shape index (κ1) is 20.0. The number of nitrogens with one attached hydrogen (secondary N) is 1. The molecule has 6 nitrogen and oxygen atoms in total. The Balaban J connectivity index is 2.25. The predicted octanol–water partition coefficient (Wildman–Crippen LogP) is 1.91. The molecule has 0 spiro atoms. The molecule has 0 unspecified atom stereocenters. The summed E-state index contributed by atoms with van der Waals surface area (Å²) in [4.78, 5) is 36.5. The Bertz CT molecular complexity index is 579. The molecule has 0 heterocycles. The zero-order valence-electron chi connectivity index (χ0n) is 13.7. The third kappa shape index (κ3) is 6.99. The van der Waals surface area contributed by atoms with Crippen molar-refractivity contribution in [2.75, 3.05) is 36.5 Å². The largest absolute Gasteiger partial charge is 0.455 e. The summed E-state index contributed by atoms with van der Waals surface area (Å²) in [6, 6.07) is 5.70. The molecule has 8 heteroatoms. The molecule has 0 aliphatic heterocycles. The number of nitrogens with zero attached hydrogens (tertiary/aromatic N) is 1. The van der Waals surface area contributed by atoms with Crippen LogP contribution in [0, 0.1) is 5.82 Å². The van der Waals surface area contributed by atoms with Crippen LogP contribution < -0.4 is 5.32 Å². The minimum absolute atomic E-state index is 0.0257. The van der Waals surface area contributed by atoms with Crippen LogP contribution in [0.3, 0.4) is 0 Å². The van der Waals surface area contributed by atoms with Gasteiger partial charge in [-0.2, -0.15) is 0 Å². The van der Waals surface area contributed by atoms with Crippen LogP contribution in [0.2, 0.25) is 0 Å². The summed E-state index contributed by atoms with van der Waals surface area (Å²) >= 11 is 1.13. The second-order valence-corrected chi connectivity index (χ2v) is 5.73. The number of benzene rings is 1. The Kier molecular flexibility index (Phi) is 8.85. The molecule has 0 saturated carbocycles. The van der Waals surface area contributed by atoms with Crippen LogP contribution in [0.15, 0.2) is 24.3 Å². The Labute approximate surface area is 144 Å². The first-order valence-electron chi connectivity index (χ1n) is 7.53.